The molecule has 5 heteroatoms. The van der Waals surface area contributed by atoms with Crippen molar-refractivity contribution in [1.82, 2.24) is 14.1 Å². The van der Waals surface area contributed by atoms with Crippen molar-refractivity contribution in [3.63, 3.8) is 0 Å². The minimum absolute atomic E-state index is 0.997. The summed E-state index contributed by atoms with van der Waals surface area (Å²) < 4.78 is 8.73. The van der Waals surface area contributed by atoms with E-state index in [0.29, 0.717) is 0 Å². The SMILES string of the molecule is c1ccc(-n2c3ccccc3c3ccc4c5ccccc5n(-c5nc6ccc7sc8ccccc8c7c6s5)c4c32)cc1. The zero-order valence-corrected chi connectivity index (χ0v) is 23.9. The summed E-state index contributed by atoms with van der Waals surface area (Å²) in [5.41, 5.74) is 6.99. The molecule has 0 amide bonds. The van der Waals surface area contributed by atoms with E-state index >= 15 is 0 Å². The molecule has 0 aliphatic carbocycles. The molecule has 196 valence electrons. The van der Waals surface area contributed by atoms with Crippen molar-refractivity contribution in [2.24, 2.45) is 0 Å². The summed E-state index contributed by atoms with van der Waals surface area (Å²) >= 11 is 3.66. The van der Waals surface area contributed by atoms with Gasteiger partial charge in [0, 0.05) is 47.4 Å². The number of fused-ring (bicyclic) bond motifs is 12. The zero-order chi connectivity index (χ0) is 27.4. The molecule has 10 aromatic rings. The Morgan fingerprint density at radius 2 is 1.07 bits per heavy atom. The third-order valence-corrected chi connectivity index (χ3v) is 10.8. The molecule has 0 aliphatic rings. The van der Waals surface area contributed by atoms with E-state index in [4.69, 9.17) is 4.98 Å². The highest BCUT2D eigenvalue weighted by Gasteiger charge is 2.23. The quantitative estimate of drug-likeness (QED) is 0.202. The van der Waals surface area contributed by atoms with Gasteiger partial charge in [-0.3, -0.25) is 4.57 Å². The summed E-state index contributed by atoms with van der Waals surface area (Å²) in [6.45, 7) is 0. The minimum Gasteiger partial charge on any atom is -0.307 e. The van der Waals surface area contributed by atoms with Gasteiger partial charge in [-0.05, 0) is 42.5 Å². The predicted molar refractivity (Wildman–Crippen MR) is 181 cm³/mol. The normalized spacial score (nSPS) is 12.3. The van der Waals surface area contributed by atoms with Crippen LogP contribution in [0.15, 0.2) is 127 Å². The van der Waals surface area contributed by atoms with Gasteiger partial charge in [-0.25, -0.2) is 4.98 Å². The van der Waals surface area contributed by atoms with Gasteiger partial charge in [-0.1, -0.05) is 96.3 Å². The fourth-order valence-corrected chi connectivity index (χ4v) is 9.15. The molecule has 0 saturated heterocycles. The third kappa shape index (κ3) is 2.91. The summed E-state index contributed by atoms with van der Waals surface area (Å²) in [7, 11) is 0. The lowest BCUT2D eigenvalue weighted by Gasteiger charge is -2.10. The highest BCUT2D eigenvalue weighted by atomic mass is 32.1. The Morgan fingerprint density at radius 1 is 0.452 bits per heavy atom. The van der Waals surface area contributed by atoms with Crippen LogP contribution in [0, 0.1) is 0 Å². The van der Waals surface area contributed by atoms with E-state index in [9.17, 15) is 0 Å². The Hall–Kier alpha value is -4.97. The molecule has 0 radical (unpaired) electrons. The number of nitrogens with zero attached hydrogens (tertiary/aromatic N) is 3. The maximum atomic E-state index is 5.33. The van der Waals surface area contributed by atoms with E-state index in [1.165, 1.54) is 68.5 Å². The highest BCUT2D eigenvalue weighted by molar-refractivity contribution is 7.28. The van der Waals surface area contributed by atoms with Crippen LogP contribution in [0.2, 0.25) is 0 Å². The average Bonchev–Trinajstić information content (AvgIpc) is 3.79. The van der Waals surface area contributed by atoms with Crippen LogP contribution in [-0.4, -0.2) is 14.1 Å². The van der Waals surface area contributed by atoms with Gasteiger partial charge in [0.25, 0.3) is 0 Å². The molecule has 0 spiro atoms. The molecule has 0 aliphatic heterocycles. The molecule has 4 aromatic heterocycles. The fourth-order valence-electron chi connectivity index (χ4n) is 6.82. The van der Waals surface area contributed by atoms with Crippen molar-refractivity contribution in [3.05, 3.63) is 127 Å². The second kappa shape index (κ2) is 8.29. The number of benzene rings is 6. The molecule has 3 nitrogen and oxygen atoms in total. The van der Waals surface area contributed by atoms with E-state index in [1.807, 2.05) is 11.3 Å². The maximum absolute atomic E-state index is 5.33. The van der Waals surface area contributed by atoms with Gasteiger partial charge >= 0.3 is 0 Å². The van der Waals surface area contributed by atoms with E-state index < -0.39 is 0 Å². The first-order valence-electron chi connectivity index (χ1n) is 14.1. The molecular formula is C37H21N3S2. The first-order valence-corrected chi connectivity index (χ1v) is 15.7. The largest absolute Gasteiger partial charge is 0.307 e. The Labute approximate surface area is 248 Å². The Morgan fingerprint density at radius 3 is 1.83 bits per heavy atom. The number of thiophene rings is 1. The molecule has 42 heavy (non-hydrogen) atoms. The maximum Gasteiger partial charge on any atom is 0.195 e. The lowest BCUT2D eigenvalue weighted by molar-refractivity contribution is 1.13. The van der Waals surface area contributed by atoms with Gasteiger partial charge in [0.05, 0.1) is 32.3 Å². The van der Waals surface area contributed by atoms with Crippen LogP contribution in [0.5, 0.6) is 0 Å². The van der Waals surface area contributed by atoms with Gasteiger partial charge in [-0.2, -0.15) is 0 Å². The van der Waals surface area contributed by atoms with Crippen LogP contribution in [0.3, 0.4) is 0 Å². The molecule has 10 rings (SSSR count). The number of para-hydroxylation sites is 3. The van der Waals surface area contributed by atoms with Crippen molar-refractivity contribution in [1.29, 1.82) is 0 Å². The van der Waals surface area contributed by atoms with Gasteiger partial charge in [0.1, 0.15) is 0 Å². The van der Waals surface area contributed by atoms with Crippen LogP contribution in [0.4, 0.5) is 0 Å². The molecule has 0 bridgehead atoms. The molecule has 4 heterocycles. The van der Waals surface area contributed by atoms with Gasteiger partial charge in [0.2, 0.25) is 0 Å². The predicted octanol–water partition coefficient (Wildman–Crippen LogP) is 10.9. The van der Waals surface area contributed by atoms with Gasteiger partial charge in [0.15, 0.2) is 5.13 Å². The second-order valence-corrected chi connectivity index (χ2v) is 12.8. The first-order chi connectivity index (χ1) is 20.8. The van der Waals surface area contributed by atoms with Crippen LogP contribution in [-0.2, 0) is 0 Å². The van der Waals surface area contributed by atoms with Crippen LogP contribution in [0.25, 0.3) is 84.8 Å². The number of hydrogen-bond acceptors (Lipinski definition) is 3. The fraction of sp³-hybridized carbons (Fsp3) is 0. The molecule has 0 atom stereocenters. The minimum atomic E-state index is 0.997. The highest BCUT2D eigenvalue weighted by Crippen LogP contribution is 2.45. The first kappa shape index (κ1) is 22.7. The topological polar surface area (TPSA) is 22.8 Å². The number of aromatic nitrogens is 3. The van der Waals surface area contributed by atoms with E-state index in [0.717, 1.165) is 16.3 Å². The van der Waals surface area contributed by atoms with E-state index in [1.54, 1.807) is 11.3 Å². The lowest BCUT2D eigenvalue weighted by atomic mass is 10.1. The molecular weight excluding hydrogens is 551 g/mol. The molecule has 0 N–H and O–H groups in total. The molecule has 0 fully saturated rings. The smallest absolute Gasteiger partial charge is 0.195 e. The average molecular weight is 572 g/mol. The van der Waals surface area contributed by atoms with Crippen molar-refractivity contribution in [2.45, 2.75) is 0 Å². The summed E-state index contributed by atoms with van der Waals surface area (Å²) in [5.74, 6) is 0. The summed E-state index contributed by atoms with van der Waals surface area (Å²) in [6, 6.07) is 46.0. The summed E-state index contributed by atoms with van der Waals surface area (Å²) in [4.78, 5) is 5.33. The third-order valence-electron chi connectivity index (χ3n) is 8.56. The van der Waals surface area contributed by atoms with Crippen molar-refractivity contribution < 1.29 is 0 Å². The number of thiazole rings is 1. The molecule has 6 aromatic carbocycles. The molecule has 0 unspecified atom stereocenters. The summed E-state index contributed by atoms with van der Waals surface area (Å²) in [6.07, 6.45) is 0. The van der Waals surface area contributed by atoms with Gasteiger partial charge < -0.3 is 4.57 Å². The monoisotopic (exact) mass is 571 g/mol. The summed E-state index contributed by atoms with van der Waals surface area (Å²) in [5, 5.41) is 8.61. The van der Waals surface area contributed by atoms with E-state index in [-0.39, 0.29) is 0 Å². The van der Waals surface area contributed by atoms with E-state index in [2.05, 4.69) is 137 Å². The second-order valence-electron chi connectivity index (χ2n) is 10.8. The number of hydrogen-bond donors (Lipinski definition) is 0. The van der Waals surface area contributed by atoms with Crippen molar-refractivity contribution in [3.8, 4) is 10.8 Å². The Balaban J connectivity index is 1.42. The van der Waals surface area contributed by atoms with Gasteiger partial charge in [-0.15, -0.1) is 11.3 Å². The number of rotatable bonds is 2. The lowest BCUT2D eigenvalue weighted by Crippen LogP contribution is -1.98. The molecule has 0 saturated carbocycles. The Bertz CT molecular complexity index is 2690. The van der Waals surface area contributed by atoms with Crippen molar-refractivity contribution in [2.75, 3.05) is 0 Å². The van der Waals surface area contributed by atoms with Crippen LogP contribution < -0.4 is 0 Å². The zero-order valence-electron chi connectivity index (χ0n) is 22.3. The van der Waals surface area contributed by atoms with Crippen LogP contribution >= 0.6 is 22.7 Å². The van der Waals surface area contributed by atoms with Crippen molar-refractivity contribution >= 4 is 96.7 Å². The Kier molecular flexibility index (Phi) is 4.48. The van der Waals surface area contributed by atoms with Crippen LogP contribution in [0.1, 0.15) is 0 Å². The standard InChI is InChI=1S/C37H21N3S2/c1-2-10-22(11-3-1)39-29-15-7-4-12-23(29)25-18-19-26-24-13-5-8-16-30(24)40(35(26)34(25)39)37-38-28-20-21-32-33(36(28)42-37)27-14-6-9-17-31(27)41-32/h1-21H.